The number of likely N-dealkylation sites (N-methyl/N-ethyl adjacent to an activating group) is 1. The summed E-state index contributed by atoms with van der Waals surface area (Å²) in [5.41, 5.74) is -0.444. The average Bonchev–Trinajstić information content (AvgIpc) is 2.74. The normalized spacial score (nSPS) is 20.6. The fourth-order valence-corrected chi connectivity index (χ4v) is 5.94. The number of hydrogen-bond acceptors (Lipinski definition) is 4. The molecule has 5 nitrogen and oxygen atoms in total. The quantitative estimate of drug-likeness (QED) is 0.673. The van der Waals surface area contributed by atoms with E-state index in [1.54, 1.807) is 30.6 Å². The lowest BCUT2D eigenvalue weighted by atomic mass is 9.75. The topological polar surface area (TPSA) is 67.3 Å². The third-order valence-electron chi connectivity index (χ3n) is 5.72. The summed E-state index contributed by atoms with van der Waals surface area (Å²) in [6.07, 6.45) is 5.69. The van der Waals surface area contributed by atoms with Crippen molar-refractivity contribution >= 4 is 26.6 Å². The molecule has 0 amide bonds. The second kappa shape index (κ2) is 7.11. The summed E-state index contributed by atoms with van der Waals surface area (Å²) in [4.78, 5) is 17.5. The first kappa shape index (κ1) is 18.8. The summed E-state index contributed by atoms with van der Waals surface area (Å²) in [6.45, 7) is 0. The van der Waals surface area contributed by atoms with Crippen molar-refractivity contribution in [2.45, 2.75) is 36.1 Å². The summed E-state index contributed by atoms with van der Waals surface area (Å²) in [5, 5.41) is 1.36. The van der Waals surface area contributed by atoms with Crippen LogP contribution in [0.2, 0.25) is 0 Å². The van der Waals surface area contributed by atoms with Gasteiger partial charge in [0.05, 0.1) is 4.90 Å². The molecule has 4 rings (SSSR count). The Bertz CT molecular complexity index is 1120. The smallest absolute Gasteiger partial charge is 0.244 e. The lowest BCUT2D eigenvalue weighted by Crippen LogP contribution is -2.54. The molecular formula is C22H22N2O3S. The highest BCUT2D eigenvalue weighted by atomic mass is 32.2. The van der Waals surface area contributed by atoms with Crippen molar-refractivity contribution in [2.75, 3.05) is 7.05 Å². The van der Waals surface area contributed by atoms with E-state index in [9.17, 15) is 13.2 Å². The summed E-state index contributed by atoms with van der Waals surface area (Å²) in [6, 6.07) is 16.1. The number of fused-ring (bicyclic) bond motifs is 1. The lowest BCUT2D eigenvalue weighted by Gasteiger charge is -2.42. The molecule has 1 saturated carbocycles. The third-order valence-corrected chi connectivity index (χ3v) is 7.67. The molecule has 2 aromatic carbocycles. The molecule has 1 atom stereocenters. The van der Waals surface area contributed by atoms with Crippen molar-refractivity contribution in [3.63, 3.8) is 0 Å². The van der Waals surface area contributed by atoms with Gasteiger partial charge in [-0.1, -0.05) is 48.9 Å². The maximum absolute atomic E-state index is 13.7. The van der Waals surface area contributed by atoms with Gasteiger partial charge < -0.3 is 0 Å². The number of ketones is 1. The molecule has 6 heteroatoms. The molecule has 1 fully saturated rings. The molecule has 0 aliphatic heterocycles. The van der Waals surface area contributed by atoms with Crippen molar-refractivity contribution < 1.29 is 13.2 Å². The first-order chi connectivity index (χ1) is 13.5. The maximum Gasteiger partial charge on any atom is 0.244 e. The number of hydrogen-bond donors (Lipinski definition) is 0. The van der Waals surface area contributed by atoms with Crippen LogP contribution in [-0.4, -0.2) is 30.5 Å². The molecule has 144 valence electrons. The fraction of sp³-hybridized carbons (Fsp3) is 0.273. The number of carbonyl (C=O) groups excluding carboxylic acids is 1. The number of sulfonamides is 1. The van der Waals surface area contributed by atoms with E-state index in [2.05, 4.69) is 4.98 Å². The molecule has 1 aliphatic carbocycles. The minimum Gasteiger partial charge on any atom is -0.297 e. The molecule has 3 aromatic rings. The van der Waals surface area contributed by atoms with Gasteiger partial charge in [-0.15, -0.1) is 0 Å². The van der Waals surface area contributed by atoms with Gasteiger partial charge in [0.15, 0.2) is 5.78 Å². The lowest BCUT2D eigenvalue weighted by molar-refractivity contribution is -0.131. The van der Waals surface area contributed by atoms with Crippen molar-refractivity contribution in [3.8, 4) is 0 Å². The molecule has 1 heterocycles. The molecule has 0 spiro atoms. The fourth-order valence-electron chi connectivity index (χ4n) is 4.22. The zero-order valence-corrected chi connectivity index (χ0v) is 16.5. The van der Waals surface area contributed by atoms with Crippen LogP contribution >= 0.6 is 0 Å². The molecule has 0 radical (unpaired) electrons. The predicted octanol–water partition coefficient (Wildman–Crippen LogP) is 3.89. The first-order valence-corrected chi connectivity index (χ1v) is 10.8. The molecule has 0 unspecified atom stereocenters. The average molecular weight is 394 g/mol. The number of pyridine rings is 1. The van der Waals surface area contributed by atoms with E-state index in [1.807, 2.05) is 36.4 Å². The first-order valence-electron chi connectivity index (χ1n) is 9.38. The van der Waals surface area contributed by atoms with Gasteiger partial charge in [-0.05, 0) is 30.5 Å². The van der Waals surface area contributed by atoms with E-state index in [0.29, 0.717) is 18.2 Å². The summed E-state index contributed by atoms with van der Waals surface area (Å²) >= 11 is 0. The Morgan fingerprint density at radius 2 is 1.79 bits per heavy atom. The van der Waals surface area contributed by atoms with Crippen LogP contribution in [0.25, 0.3) is 10.8 Å². The Morgan fingerprint density at radius 3 is 2.54 bits per heavy atom. The monoisotopic (exact) mass is 394 g/mol. The van der Waals surface area contributed by atoms with E-state index in [4.69, 9.17) is 0 Å². The molecule has 28 heavy (non-hydrogen) atoms. The van der Waals surface area contributed by atoms with Gasteiger partial charge in [-0.25, -0.2) is 8.42 Å². The highest BCUT2D eigenvalue weighted by Crippen LogP contribution is 2.42. The van der Waals surface area contributed by atoms with Gasteiger partial charge >= 0.3 is 0 Å². The van der Waals surface area contributed by atoms with Crippen LogP contribution < -0.4 is 0 Å². The van der Waals surface area contributed by atoms with Gasteiger partial charge in [0, 0.05) is 36.6 Å². The van der Waals surface area contributed by atoms with Crippen LogP contribution in [0, 0.1) is 0 Å². The SMILES string of the molecule is CN([C@@]1(c2ccccc2)CCCCC1=O)S(=O)(=O)c1cccc2cnccc12. The standard InChI is InChI=1S/C22H22N2O3S/c1-24(22(14-6-5-12-21(22)25)18-9-3-2-4-10-18)28(26,27)20-11-7-8-17-16-23-15-13-19(17)20/h2-4,7-11,13,15-16H,5-6,12,14H2,1H3/t22-/m1/s1. The van der Waals surface area contributed by atoms with E-state index in [-0.39, 0.29) is 10.7 Å². The van der Waals surface area contributed by atoms with Crippen molar-refractivity contribution in [1.29, 1.82) is 0 Å². The Hall–Kier alpha value is -2.57. The number of nitrogens with zero attached hydrogens (tertiary/aromatic N) is 2. The molecule has 0 bridgehead atoms. The Labute approximate surface area is 165 Å². The van der Waals surface area contributed by atoms with Gasteiger partial charge in [0.2, 0.25) is 10.0 Å². The number of rotatable bonds is 4. The summed E-state index contributed by atoms with van der Waals surface area (Å²) in [5.74, 6) is -0.0436. The predicted molar refractivity (Wildman–Crippen MR) is 108 cm³/mol. The van der Waals surface area contributed by atoms with Gasteiger partial charge in [0.1, 0.15) is 5.54 Å². The molecule has 1 aliphatic rings. The maximum atomic E-state index is 13.7. The second-order valence-corrected chi connectivity index (χ2v) is 9.12. The van der Waals surface area contributed by atoms with Crippen LogP contribution in [0.4, 0.5) is 0 Å². The Balaban J connectivity index is 1.91. The molecule has 1 aromatic heterocycles. The third kappa shape index (κ3) is 2.84. The number of Topliss-reactive ketones (excluding diaryl/α,β-unsaturated/α-hetero) is 1. The summed E-state index contributed by atoms with van der Waals surface area (Å²) in [7, 11) is -2.39. The van der Waals surface area contributed by atoms with Crippen LogP contribution in [0.1, 0.15) is 31.2 Å². The zero-order valence-electron chi connectivity index (χ0n) is 15.7. The minimum atomic E-state index is -3.92. The number of aromatic nitrogens is 1. The van der Waals surface area contributed by atoms with Crippen molar-refractivity contribution in [2.24, 2.45) is 0 Å². The van der Waals surface area contributed by atoms with Gasteiger partial charge in [0.25, 0.3) is 0 Å². The van der Waals surface area contributed by atoms with Crippen LogP contribution in [-0.2, 0) is 20.4 Å². The molecule has 0 N–H and O–H groups in total. The Kier molecular flexibility index (Phi) is 4.77. The second-order valence-electron chi connectivity index (χ2n) is 7.18. The van der Waals surface area contributed by atoms with Crippen LogP contribution in [0.3, 0.4) is 0 Å². The van der Waals surface area contributed by atoms with Crippen LogP contribution in [0.5, 0.6) is 0 Å². The Morgan fingerprint density at radius 1 is 1.00 bits per heavy atom. The van der Waals surface area contributed by atoms with Crippen molar-refractivity contribution in [3.05, 3.63) is 72.6 Å². The molecule has 0 saturated heterocycles. The van der Waals surface area contributed by atoms with E-state index in [0.717, 1.165) is 23.8 Å². The zero-order chi connectivity index (χ0) is 19.8. The minimum absolute atomic E-state index is 0.0436. The van der Waals surface area contributed by atoms with E-state index < -0.39 is 15.6 Å². The van der Waals surface area contributed by atoms with Crippen molar-refractivity contribution in [1.82, 2.24) is 9.29 Å². The summed E-state index contributed by atoms with van der Waals surface area (Å²) < 4.78 is 28.7. The largest absolute Gasteiger partial charge is 0.297 e. The van der Waals surface area contributed by atoms with Gasteiger partial charge in [-0.2, -0.15) is 4.31 Å². The highest BCUT2D eigenvalue weighted by Gasteiger charge is 2.49. The molecular weight excluding hydrogens is 372 g/mol. The van der Waals surface area contributed by atoms with E-state index >= 15 is 0 Å². The number of benzene rings is 2. The van der Waals surface area contributed by atoms with Crippen LogP contribution in [0.15, 0.2) is 71.9 Å². The highest BCUT2D eigenvalue weighted by molar-refractivity contribution is 7.89. The van der Waals surface area contributed by atoms with Gasteiger partial charge in [-0.3, -0.25) is 9.78 Å². The number of carbonyl (C=O) groups is 1. The van der Waals surface area contributed by atoms with E-state index in [1.165, 1.54) is 11.4 Å².